The van der Waals surface area contributed by atoms with Crippen molar-refractivity contribution in [2.75, 3.05) is 7.11 Å². The van der Waals surface area contributed by atoms with Crippen LogP contribution in [0.5, 0.6) is 5.75 Å². The number of rotatable bonds is 2. The summed E-state index contributed by atoms with van der Waals surface area (Å²) >= 11 is 2.80. The van der Waals surface area contributed by atoms with Crippen molar-refractivity contribution in [1.29, 1.82) is 0 Å². The third kappa shape index (κ3) is 2.37. The largest absolute Gasteiger partial charge is 0.495 e. The summed E-state index contributed by atoms with van der Waals surface area (Å²) in [4.78, 5) is 11.2. The van der Waals surface area contributed by atoms with Gasteiger partial charge < -0.3 is 4.74 Å². The van der Waals surface area contributed by atoms with Crippen LogP contribution in [0.4, 0.5) is 13.2 Å². The normalized spacial score (nSPS) is 11.4. The number of benzene rings is 1. The third-order valence-electron chi connectivity index (χ3n) is 1.99. The van der Waals surface area contributed by atoms with E-state index in [4.69, 9.17) is 4.74 Å². The fourth-order valence-electron chi connectivity index (χ4n) is 1.25. The van der Waals surface area contributed by atoms with E-state index in [0.29, 0.717) is 0 Å². The van der Waals surface area contributed by atoms with Gasteiger partial charge in [0.25, 0.3) is 0 Å². The number of halogens is 4. The molecule has 0 aliphatic carbocycles. The molecule has 0 aromatic heterocycles. The number of hydrogen-bond acceptors (Lipinski definition) is 2. The molecule has 1 aromatic carbocycles. The van der Waals surface area contributed by atoms with Crippen molar-refractivity contribution in [1.82, 2.24) is 0 Å². The molecule has 0 bridgehead atoms. The summed E-state index contributed by atoms with van der Waals surface area (Å²) in [6, 6.07) is 1.96. The maximum Gasteiger partial charge on any atom is 0.417 e. The summed E-state index contributed by atoms with van der Waals surface area (Å²) < 4.78 is 42.1. The first-order valence-electron chi connectivity index (χ1n) is 4.23. The van der Waals surface area contributed by atoms with E-state index in [-0.39, 0.29) is 21.6 Å². The Bertz CT molecular complexity index is 427. The van der Waals surface area contributed by atoms with Crippen LogP contribution in [0.15, 0.2) is 16.6 Å². The van der Waals surface area contributed by atoms with Gasteiger partial charge in [0, 0.05) is 0 Å². The van der Waals surface area contributed by atoms with E-state index in [0.717, 1.165) is 12.1 Å². The van der Waals surface area contributed by atoms with Crippen molar-refractivity contribution in [3.05, 3.63) is 27.7 Å². The number of methoxy groups -OCH3 is 1. The Morgan fingerprint density at radius 1 is 1.38 bits per heavy atom. The van der Waals surface area contributed by atoms with E-state index in [9.17, 15) is 18.0 Å². The molecule has 0 aliphatic rings. The molecule has 1 rings (SSSR count). The van der Waals surface area contributed by atoms with Crippen LogP contribution in [0.2, 0.25) is 0 Å². The van der Waals surface area contributed by atoms with Crippen molar-refractivity contribution in [3.63, 3.8) is 0 Å². The van der Waals surface area contributed by atoms with Gasteiger partial charge in [-0.3, -0.25) is 4.79 Å². The van der Waals surface area contributed by atoms with Gasteiger partial charge in [-0.25, -0.2) is 0 Å². The fourth-order valence-corrected chi connectivity index (χ4v) is 1.98. The third-order valence-corrected chi connectivity index (χ3v) is 2.77. The minimum atomic E-state index is -4.48. The van der Waals surface area contributed by atoms with Crippen LogP contribution in [-0.4, -0.2) is 12.9 Å². The first-order chi connectivity index (χ1) is 7.29. The number of carbonyl (C=O) groups excluding carboxylic acids is 1. The van der Waals surface area contributed by atoms with E-state index in [2.05, 4.69) is 15.9 Å². The lowest BCUT2D eigenvalue weighted by Gasteiger charge is -2.14. The second-order valence-corrected chi connectivity index (χ2v) is 3.85. The summed E-state index contributed by atoms with van der Waals surface area (Å²) in [6.45, 7) is 1.26. The first-order valence-corrected chi connectivity index (χ1v) is 5.03. The number of ether oxygens (including phenoxy) is 1. The van der Waals surface area contributed by atoms with E-state index in [1.165, 1.54) is 14.0 Å². The van der Waals surface area contributed by atoms with Gasteiger partial charge in [-0.05, 0) is 35.0 Å². The van der Waals surface area contributed by atoms with Gasteiger partial charge in [-0.2, -0.15) is 13.2 Å². The fraction of sp³-hybridized carbons (Fsp3) is 0.300. The van der Waals surface area contributed by atoms with E-state index < -0.39 is 11.7 Å². The minimum Gasteiger partial charge on any atom is -0.495 e. The predicted molar refractivity (Wildman–Crippen MR) is 55.7 cm³/mol. The van der Waals surface area contributed by atoms with Crippen LogP contribution in [0.1, 0.15) is 22.8 Å². The summed E-state index contributed by atoms with van der Waals surface area (Å²) in [6.07, 6.45) is -4.48. The second-order valence-electron chi connectivity index (χ2n) is 3.06. The Morgan fingerprint density at radius 3 is 2.31 bits per heavy atom. The SMILES string of the molecule is COc1c(C(C)=O)ccc(C(F)(F)F)c1Br. The molecule has 0 amide bonds. The van der Waals surface area contributed by atoms with Crippen LogP contribution in [0, 0.1) is 0 Å². The molecule has 88 valence electrons. The molecule has 0 spiro atoms. The molecule has 0 unspecified atom stereocenters. The Morgan fingerprint density at radius 2 is 1.94 bits per heavy atom. The molecule has 0 heterocycles. The van der Waals surface area contributed by atoms with Gasteiger partial charge in [-0.1, -0.05) is 0 Å². The van der Waals surface area contributed by atoms with E-state index >= 15 is 0 Å². The smallest absolute Gasteiger partial charge is 0.417 e. The zero-order valence-electron chi connectivity index (χ0n) is 8.48. The van der Waals surface area contributed by atoms with Crippen molar-refractivity contribution < 1.29 is 22.7 Å². The van der Waals surface area contributed by atoms with Crippen LogP contribution in [0.25, 0.3) is 0 Å². The molecule has 0 radical (unpaired) electrons. The molecule has 2 nitrogen and oxygen atoms in total. The molecule has 0 N–H and O–H groups in total. The highest BCUT2D eigenvalue weighted by Gasteiger charge is 2.35. The molecule has 0 aliphatic heterocycles. The topological polar surface area (TPSA) is 26.3 Å². The highest BCUT2D eigenvalue weighted by Crippen LogP contribution is 2.41. The highest BCUT2D eigenvalue weighted by atomic mass is 79.9. The zero-order valence-corrected chi connectivity index (χ0v) is 10.1. The average molecular weight is 297 g/mol. The van der Waals surface area contributed by atoms with Gasteiger partial charge in [0.2, 0.25) is 0 Å². The Hall–Kier alpha value is -1.04. The quantitative estimate of drug-likeness (QED) is 0.778. The lowest BCUT2D eigenvalue weighted by molar-refractivity contribution is -0.138. The van der Waals surface area contributed by atoms with Crippen molar-refractivity contribution in [2.45, 2.75) is 13.1 Å². The van der Waals surface area contributed by atoms with Crippen LogP contribution in [0.3, 0.4) is 0 Å². The van der Waals surface area contributed by atoms with Gasteiger partial charge in [-0.15, -0.1) is 0 Å². The molecule has 6 heteroatoms. The molecule has 0 saturated heterocycles. The second kappa shape index (κ2) is 4.45. The number of ketones is 1. The molecule has 1 aromatic rings. The number of Topliss-reactive ketones (excluding diaryl/α,β-unsaturated/α-hetero) is 1. The summed E-state index contributed by atoms with van der Waals surface area (Å²) in [5, 5.41) is 0. The van der Waals surface area contributed by atoms with Crippen LogP contribution in [-0.2, 0) is 6.18 Å². The number of alkyl halides is 3. The van der Waals surface area contributed by atoms with Gasteiger partial charge in [0.1, 0.15) is 5.75 Å². The summed E-state index contributed by atoms with van der Waals surface area (Å²) in [5.74, 6) is -0.450. The number of carbonyl (C=O) groups is 1. The zero-order chi connectivity index (χ0) is 12.5. The van der Waals surface area contributed by atoms with Crippen molar-refractivity contribution in [2.24, 2.45) is 0 Å². The maximum atomic E-state index is 12.5. The maximum absolute atomic E-state index is 12.5. The van der Waals surface area contributed by atoms with Gasteiger partial charge >= 0.3 is 6.18 Å². The Labute approximate surface area is 98.5 Å². The Balaban J connectivity index is 3.46. The van der Waals surface area contributed by atoms with E-state index in [1.807, 2.05) is 0 Å². The predicted octanol–water partition coefficient (Wildman–Crippen LogP) is 3.68. The summed E-state index contributed by atoms with van der Waals surface area (Å²) in [7, 11) is 1.21. The lowest BCUT2D eigenvalue weighted by atomic mass is 10.1. The first kappa shape index (κ1) is 13.0. The molecular formula is C10H8BrF3O2. The van der Waals surface area contributed by atoms with Crippen molar-refractivity contribution in [3.8, 4) is 5.75 Å². The Kier molecular flexibility index (Phi) is 3.62. The van der Waals surface area contributed by atoms with Gasteiger partial charge in [0.05, 0.1) is 22.7 Å². The minimum absolute atomic E-state index is 0.0951. The van der Waals surface area contributed by atoms with Crippen LogP contribution < -0.4 is 4.74 Å². The molecule has 0 atom stereocenters. The monoisotopic (exact) mass is 296 g/mol. The molecular weight excluding hydrogens is 289 g/mol. The highest BCUT2D eigenvalue weighted by molar-refractivity contribution is 9.10. The van der Waals surface area contributed by atoms with Gasteiger partial charge in [0.15, 0.2) is 5.78 Å². The summed E-state index contributed by atoms with van der Waals surface area (Å²) in [5.41, 5.74) is -0.753. The molecule has 16 heavy (non-hydrogen) atoms. The van der Waals surface area contributed by atoms with E-state index in [1.54, 1.807) is 0 Å². The lowest BCUT2D eigenvalue weighted by Crippen LogP contribution is -2.09. The number of hydrogen-bond donors (Lipinski definition) is 0. The standard InChI is InChI=1S/C10H8BrF3O2/c1-5(15)6-3-4-7(10(12,13)14)8(11)9(6)16-2/h3-4H,1-2H3. The average Bonchev–Trinajstić information content (AvgIpc) is 2.14. The van der Waals surface area contributed by atoms with Crippen LogP contribution >= 0.6 is 15.9 Å². The molecule has 0 fully saturated rings. The molecule has 0 saturated carbocycles. The van der Waals surface area contributed by atoms with Crippen molar-refractivity contribution >= 4 is 21.7 Å².